The maximum Gasteiger partial charge on any atom is 0.419 e. The van der Waals surface area contributed by atoms with Crippen LogP contribution >= 0.6 is 0 Å². The molecule has 12 heteroatoms. The Bertz CT molecular complexity index is 1190. The normalized spacial score (nSPS) is 20.2. The summed E-state index contributed by atoms with van der Waals surface area (Å²) in [7, 11) is -3.57. The average Bonchev–Trinajstić information content (AvgIpc) is 2.67. The zero-order valence-corrected chi connectivity index (χ0v) is 21.1. The van der Waals surface area contributed by atoms with E-state index in [1.165, 1.54) is 22.5 Å². The lowest BCUT2D eigenvalue weighted by Gasteiger charge is -2.47. The van der Waals surface area contributed by atoms with Crippen LogP contribution in [0.3, 0.4) is 0 Å². The van der Waals surface area contributed by atoms with E-state index in [0.717, 1.165) is 6.07 Å². The number of anilines is 1. The van der Waals surface area contributed by atoms with Crippen molar-refractivity contribution in [1.82, 2.24) is 4.31 Å². The molecule has 1 saturated heterocycles. The van der Waals surface area contributed by atoms with Crippen LogP contribution in [0, 0.1) is 12.7 Å². The average molecular weight is 505 g/mol. The number of piperazine rings is 1. The second-order valence-electron chi connectivity index (χ2n) is 8.63. The molecule has 0 radical (unpaired) electrons. The Kier molecular flexibility index (Phi) is 6.66. The molecule has 1 fully saturated rings. The summed E-state index contributed by atoms with van der Waals surface area (Å²) in [6, 6.07) is 7.07. The number of nitrogens with zero attached hydrogens (tertiary/aromatic N) is 2. The third kappa shape index (κ3) is 5.22. The number of rotatable bonds is 5. The van der Waals surface area contributed by atoms with Crippen LogP contribution in [0.25, 0.3) is 0 Å². The molecule has 0 unspecified atom stereocenters. The van der Waals surface area contributed by atoms with Crippen LogP contribution in [-0.2, 0) is 27.4 Å². The molecule has 1 aliphatic rings. The zero-order chi connectivity index (χ0) is 24.8. The molecule has 0 amide bonds. The lowest BCUT2D eigenvalue weighted by Crippen LogP contribution is -2.63. The van der Waals surface area contributed by atoms with Crippen molar-refractivity contribution >= 4 is 31.9 Å². The van der Waals surface area contributed by atoms with Gasteiger partial charge in [0.05, 0.1) is 16.9 Å². The van der Waals surface area contributed by atoms with Crippen molar-refractivity contribution in [2.45, 2.75) is 36.5 Å². The number of carboxylic acids is 1. The molecule has 0 saturated carbocycles. The van der Waals surface area contributed by atoms with Gasteiger partial charge in [0.2, 0.25) is 10.0 Å². The van der Waals surface area contributed by atoms with Gasteiger partial charge in [-0.15, -0.1) is 0 Å². The molecule has 1 heterocycles. The lowest BCUT2D eigenvalue weighted by molar-refractivity contribution is -0.140. The quantitative estimate of drug-likeness (QED) is 0.500. The summed E-state index contributed by atoms with van der Waals surface area (Å²) >= 11 is 0. The predicted molar refractivity (Wildman–Crippen MR) is 118 cm³/mol. The van der Waals surface area contributed by atoms with E-state index in [9.17, 15) is 30.8 Å². The molecular weight excluding hydrogens is 480 g/mol. The molecule has 180 valence electrons. The minimum absolute atomic E-state index is 0.0135. The molecule has 0 aliphatic carbocycles. The van der Waals surface area contributed by atoms with Crippen LogP contribution in [0.1, 0.15) is 23.6 Å². The SMILES string of the molecule is Cc1ccc(S(=O)(=O)N2CCN(c3ccc(C(F)(F)F)c(F)c3)C[C@@]2(C)[SiH3])cc1CC(=O)O. The smallest absolute Gasteiger partial charge is 0.419 e. The molecule has 0 aromatic heterocycles. The molecule has 0 bridgehead atoms. The van der Waals surface area contributed by atoms with E-state index in [0.29, 0.717) is 27.4 Å². The zero-order valence-electron chi connectivity index (χ0n) is 18.3. The van der Waals surface area contributed by atoms with E-state index < -0.39 is 38.7 Å². The molecule has 33 heavy (non-hydrogen) atoms. The van der Waals surface area contributed by atoms with Crippen LogP contribution in [0.2, 0.25) is 0 Å². The first kappa shape index (κ1) is 25.2. The van der Waals surface area contributed by atoms with E-state index in [1.54, 1.807) is 24.8 Å². The van der Waals surface area contributed by atoms with Crippen LogP contribution in [0.4, 0.5) is 23.2 Å². The van der Waals surface area contributed by atoms with Crippen molar-refractivity contribution in [3.05, 3.63) is 58.9 Å². The Morgan fingerprint density at radius 3 is 2.39 bits per heavy atom. The number of benzene rings is 2. The highest BCUT2D eigenvalue weighted by Crippen LogP contribution is 2.35. The van der Waals surface area contributed by atoms with Gasteiger partial charge in [-0.25, -0.2) is 12.8 Å². The molecule has 1 N–H and O–H groups in total. The van der Waals surface area contributed by atoms with E-state index in [4.69, 9.17) is 5.11 Å². The molecule has 6 nitrogen and oxygen atoms in total. The predicted octanol–water partition coefficient (Wildman–Crippen LogP) is 2.37. The summed E-state index contributed by atoms with van der Waals surface area (Å²) in [6.45, 7) is 3.82. The Hall–Kier alpha value is -2.44. The Labute approximate surface area is 192 Å². The molecule has 2 aromatic carbocycles. The highest BCUT2D eigenvalue weighted by Gasteiger charge is 2.42. The second-order valence-corrected chi connectivity index (χ2v) is 12.6. The number of aliphatic carboxylic acids is 1. The van der Waals surface area contributed by atoms with Crippen molar-refractivity contribution in [3.63, 3.8) is 0 Å². The van der Waals surface area contributed by atoms with Crippen molar-refractivity contribution < 1.29 is 35.9 Å². The third-order valence-electron chi connectivity index (χ3n) is 5.70. The molecule has 0 spiro atoms. The van der Waals surface area contributed by atoms with E-state index in [2.05, 4.69) is 0 Å². The van der Waals surface area contributed by atoms with Crippen LogP contribution in [0.15, 0.2) is 41.3 Å². The van der Waals surface area contributed by atoms with Gasteiger partial charge in [0.25, 0.3) is 0 Å². The fraction of sp³-hybridized carbons (Fsp3) is 0.381. The maximum atomic E-state index is 14.1. The lowest BCUT2D eigenvalue weighted by atomic mass is 10.1. The van der Waals surface area contributed by atoms with Gasteiger partial charge in [0, 0.05) is 40.7 Å². The van der Waals surface area contributed by atoms with Gasteiger partial charge in [-0.2, -0.15) is 17.5 Å². The summed E-state index contributed by atoms with van der Waals surface area (Å²) in [5, 5.41) is 8.25. The van der Waals surface area contributed by atoms with Gasteiger partial charge >= 0.3 is 12.1 Å². The number of sulfonamides is 1. The van der Waals surface area contributed by atoms with Crippen molar-refractivity contribution in [3.8, 4) is 0 Å². The fourth-order valence-corrected chi connectivity index (χ4v) is 7.17. The first-order chi connectivity index (χ1) is 15.1. The Balaban J connectivity index is 1.87. The van der Waals surface area contributed by atoms with Crippen LogP contribution in [0.5, 0.6) is 0 Å². The first-order valence-electron chi connectivity index (χ1n) is 10.1. The summed E-state index contributed by atoms with van der Waals surface area (Å²) < 4.78 is 80.8. The molecule has 1 atom stereocenters. The molecular formula is C21H24F4N2O4SSi. The molecule has 1 aliphatic heterocycles. The summed E-state index contributed by atoms with van der Waals surface area (Å²) in [6.07, 6.45) is -5.10. The number of alkyl halides is 3. The van der Waals surface area contributed by atoms with Crippen molar-refractivity contribution in [2.75, 3.05) is 24.5 Å². The summed E-state index contributed by atoms with van der Waals surface area (Å²) in [5.74, 6) is -2.45. The minimum Gasteiger partial charge on any atom is -0.481 e. The molecule has 2 aromatic rings. The van der Waals surface area contributed by atoms with Crippen molar-refractivity contribution in [1.29, 1.82) is 0 Å². The highest BCUT2D eigenvalue weighted by atomic mass is 32.2. The topological polar surface area (TPSA) is 77.9 Å². The number of carboxylic acid groups (broad SMARTS) is 1. The van der Waals surface area contributed by atoms with Gasteiger partial charge in [-0.1, -0.05) is 6.07 Å². The number of hydrogen-bond acceptors (Lipinski definition) is 4. The monoisotopic (exact) mass is 504 g/mol. The molecule has 3 rings (SSSR count). The fourth-order valence-electron chi connectivity index (χ4n) is 4.02. The maximum absolute atomic E-state index is 14.1. The van der Waals surface area contributed by atoms with Gasteiger partial charge in [0.15, 0.2) is 0 Å². The van der Waals surface area contributed by atoms with Crippen LogP contribution < -0.4 is 4.90 Å². The number of hydrogen-bond donors (Lipinski definition) is 1. The summed E-state index contributed by atoms with van der Waals surface area (Å²) in [4.78, 5) is 12.8. The van der Waals surface area contributed by atoms with Gasteiger partial charge in [0.1, 0.15) is 5.82 Å². The van der Waals surface area contributed by atoms with Crippen LogP contribution in [-0.4, -0.2) is 58.8 Å². The Morgan fingerprint density at radius 1 is 1.18 bits per heavy atom. The van der Waals surface area contributed by atoms with Gasteiger partial charge < -0.3 is 10.0 Å². The summed E-state index contributed by atoms with van der Waals surface area (Å²) in [5.41, 5.74) is -0.0343. The van der Waals surface area contributed by atoms with E-state index >= 15 is 0 Å². The third-order valence-corrected chi connectivity index (χ3v) is 8.99. The Morgan fingerprint density at radius 2 is 1.85 bits per heavy atom. The largest absolute Gasteiger partial charge is 0.481 e. The number of carbonyl (C=O) groups is 1. The van der Waals surface area contributed by atoms with Crippen molar-refractivity contribution in [2.24, 2.45) is 0 Å². The standard InChI is InChI=1S/C21H24F4N2O4SSi/c1-13-3-5-16(9-14(13)10-19(28)29)32(30,31)27-8-7-26(12-20(27,2)33)15-4-6-17(18(22)11-15)21(23,24)25/h3-6,9,11H,7-8,10,12H2,1-2,33H3,(H,28,29)/t20-/m1/s1. The minimum atomic E-state index is -4.80. The number of halogens is 4. The first-order valence-corrected chi connectivity index (χ1v) is 12.5. The second kappa shape index (κ2) is 8.73. The van der Waals surface area contributed by atoms with E-state index in [-0.39, 0.29) is 36.6 Å². The van der Waals surface area contributed by atoms with E-state index in [1.807, 2.05) is 0 Å². The highest BCUT2D eigenvalue weighted by molar-refractivity contribution is 7.89. The van der Waals surface area contributed by atoms with Gasteiger partial charge in [-0.3, -0.25) is 4.79 Å². The number of aryl methyl sites for hydroxylation is 1. The van der Waals surface area contributed by atoms with Gasteiger partial charge in [-0.05, 0) is 55.3 Å².